The molecule has 13 rings (SSSR count). The first-order valence-electron chi connectivity index (χ1n) is 42.2. The molecule has 1 aliphatic heterocycles. The van der Waals surface area contributed by atoms with Crippen molar-refractivity contribution in [1.82, 2.24) is 73.4 Å². The van der Waals surface area contributed by atoms with E-state index in [0.717, 1.165) is 154 Å². The van der Waals surface area contributed by atoms with E-state index in [4.69, 9.17) is 20.0 Å². The van der Waals surface area contributed by atoms with Crippen molar-refractivity contribution >= 4 is 0 Å². The molecule has 0 N–H and O–H groups in total. The lowest BCUT2D eigenvalue weighted by atomic mass is 10.00. The lowest BCUT2D eigenvalue weighted by Gasteiger charge is -2.23. The summed E-state index contributed by atoms with van der Waals surface area (Å²) in [5.41, 5.74) is 16.5. The normalized spacial score (nSPS) is 13.7. The van der Waals surface area contributed by atoms with Crippen LogP contribution in [0.5, 0.6) is 0 Å². The second-order valence-electron chi connectivity index (χ2n) is 32.3. The topological polar surface area (TPSA) is 115 Å². The summed E-state index contributed by atoms with van der Waals surface area (Å²) in [5.74, 6) is -0.427. The average Bonchev–Trinajstić information content (AvgIpc) is 1.59. The number of halogens is 5. The van der Waals surface area contributed by atoms with Crippen LogP contribution in [0.25, 0.3) is 56.3 Å². The molecule has 2 aliphatic carbocycles. The van der Waals surface area contributed by atoms with Gasteiger partial charge in [0.1, 0.15) is 29.1 Å². The number of aromatic nitrogens is 10. The Morgan fingerprint density at radius 1 is 0.377 bits per heavy atom. The van der Waals surface area contributed by atoms with Crippen LogP contribution in [-0.4, -0.2) is 155 Å². The largest absolute Gasteiger partial charge is 0.381 e. The molecule has 0 atom stereocenters. The van der Waals surface area contributed by atoms with Gasteiger partial charge in [0.2, 0.25) is 0 Å². The fraction of sp³-hybridized carbons (Fsp3) is 0.516. The fourth-order valence-corrected chi connectivity index (χ4v) is 14.2. The lowest BCUT2D eigenvalue weighted by Crippen LogP contribution is -2.22. The minimum absolute atomic E-state index is 0.192. The average molecular weight is 1570 g/mol. The summed E-state index contributed by atoms with van der Waals surface area (Å²) in [7, 11) is 10.7. The molecule has 0 bridgehead atoms. The van der Waals surface area contributed by atoms with E-state index in [1.807, 2.05) is 76.5 Å². The Kier molecular flexibility index (Phi) is 35.9. The van der Waals surface area contributed by atoms with Gasteiger partial charge < -0.3 is 29.2 Å². The number of ether oxygens (including phenoxy) is 1. The third kappa shape index (κ3) is 27.6. The van der Waals surface area contributed by atoms with E-state index in [0.29, 0.717) is 24.0 Å². The Morgan fingerprint density at radius 3 is 1.11 bits per heavy atom. The van der Waals surface area contributed by atoms with Gasteiger partial charge in [-0.05, 0) is 294 Å². The van der Waals surface area contributed by atoms with E-state index in [1.54, 1.807) is 12.1 Å². The molecule has 0 amide bonds. The van der Waals surface area contributed by atoms with Gasteiger partial charge in [-0.1, -0.05) is 66.7 Å². The number of hydrogen-bond donors (Lipinski definition) is 0. The Morgan fingerprint density at radius 2 is 0.719 bits per heavy atom. The number of hydrogen-bond acceptors (Lipinski definition) is 11. The van der Waals surface area contributed by atoms with Crippen LogP contribution >= 0.6 is 0 Å². The molecule has 0 radical (unpaired) electrons. The SMILES string of the molecule is CCCCN(C)Cc1cn(C(C)C)nc1-c1ccc(F)cc1.CCCCN(C)Cc1cn(C2CC2)nc1-c1ccc(F)cc1.CCCCN(C)Cc1cnn(C(C)C)c1-c1ccc(F)cc1.CCCCN(C)Cc1cnn(C2CC2)c1-c1ccc(F)cc1.CCCCN(C)Cc1cnn(CC2CCOCC2)c1-c1ccc(F)cc1. The first-order valence-corrected chi connectivity index (χ1v) is 42.2. The van der Waals surface area contributed by atoms with Crippen LogP contribution in [-0.2, 0) is 44.0 Å². The van der Waals surface area contributed by atoms with Gasteiger partial charge in [-0.15, -0.1) is 0 Å². The van der Waals surface area contributed by atoms with Gasteiger partial charge in [0, 0.05) is 133 Å². The van der Waals surface area contributed by atoms with Gasteiger partial charge in [-0.3, -0.25) is 23.4 Å². The van der Waals surface area contributed by atoms with Crippen molar-refractivity contribution in [1.29, 1.82) is 0 Å². The van der Waals surface area contributed by atoms with Crippen LogP contribution in [0.2, 0.25) is 0 Å². The summed E-state index contributed by atoms with van der Waals surface area (Å²) >= 11 is 0. The third-order valence-corrected chi connectivity index (χ3v) is 21.1. The Hall–Kier alpha value is -8.44. The summed E-state index contributed by atoms with van der Waals surface area (Å²) < 4.78 is 82.0. The molecule has 114 heavy (non-hydrogen) atoms. The Labute approximate surface area is 677 Å². The molecular weight excluding hydrogens is 1440 g/mol. The quantitative estimate of drug-likeness (QED) is 0.0350. The summed E-state index contributed by atoms with van der Waals surface area (Å²) in [5, 5.41) is 23.3. The van der Waals surface area contributed by atoms with E-state index in [2.05, 4.69) is 159 Å². The molecule has 618 valence electrons. The summed E-state index contributed by atoms with van der Waals surface area (Å²) in [6.07, 6.45) is 29.2. The molecule has 5 aromatic heterocycles. The first-order chi connectivity index (χ1) is 55.1. The Bertz CT molecular complexity index is 4150. The van der Waals surface area contributed by atoms with Crippen LogP contribution < -0.4 is 0 Å². The molecule has 1 saturated heterocycles. The smallest absolute Gasteiger partial charge is 0.123 e. The highest BCUT2D eigenvalue weighted by atomic mass is 19.1. The molecule has 0 spiro atoms. The van der Waals surface area contributed by atoms with Crippen LogP contribution in [0.4, 0.5) is 22.0 Å². The molecule has 3 fully saturated rings. The summed E-state index contributed by atoms with van der Waals surface area (Å²) in [6.45, 7) is 31.8. The highest BCUT2D eigenvalue weighted by Crippen LogP contribution is 2.40. The zero-order valence-electron chi connectivity index (χ0n) is 70.8. The second kappa shape index (κ2) is 45.7. The van der Waals surface area contributed by atoms with Crippen molar-refractivity contribution in [2.24, 2.45) is 5.92 Å². The van der Waals surface area contributed by atoms with E-state index in [-0.39, 0.29) is 35.1 Å². The zero-order valence-corrected chi connectivity index (χ0v) is 70.8. The van der Waals surface area contributed by atoms with Crippen LogP contribution in [0.3, 0.4) is 0 Å². The summed E-state index contributed by atoms with van der Waals surface area (Å²) in [4.78, 5) is 11.7. The number of nitrogens with zero attached hydrogens (tertiary/aromatic N) is 15. The minimum atomic E-state index is -0.214. The minimum Gasteiger partial charge on any atom is -0.381 e. The molecule has 21 heteroatoms. The van der Waals surface area contributed by atoms with E-state index < -0.39 is 0 Å². The predicted octanol–water partition coefficient (Wildman–Crippen LogP) is 21.9. The van der Waals surface area contributed by atoms with Crippen LogP contribution in [0, 0.1) is 35.0 Å². The van der Waals surface area contributed by atoms with Crippen molar-refractivity contribution in [2.75, 3.05) is 81.2 Å². The van der Waals surface area contributed by atoms with Gasteiger partial charge in [0.05, 0.1) is 59.1 Å². The van der Waals surface area contributed by atoms with Gasteiger partial charge in [-0.2, -0.15) is 25.5 Å². The first kappa shape index (κ1) is 89.5. The number of rotatable bonds is 36. The summed E-state index contributed by atoms with van der Waals surface area (Å²) in [6, 6.07) is 35.2. The van der Waals surface area contributed by atoms with Gasteiger partial charge in [-0.25, -0.2) is 22.0 Å². The maximum atomic E-state index is 13.4. The van der Waals surface area contributed by atoms with E-state index in [1.165, 1.54) is 178 Å². The van der Waals surface area contributed by atoms with Crippen molar-refractivity contribution < 1.29 is 26.7 Å². The maximum absolute atomic E-state index is 13.4. The fourth-order valence-electron chi connectivity index (χ4n) is 14.2. The van der Waals surface area contributed by atoms with Gasteiger partial charge in [0.25, 0.3) is 0 Å². The second-order valence-corrected chi connectivity index (χ2v) is 32.3. The molecule has 2 saturated carbocycles. The predicted molar refractivity (Wildman–Crippen MR) is 455 cm³/mol. The monoisotopic (exact) mass is 1570 g/mol. The third-order valence-electron chi connectivity index (χ3n) is 21.1. The molecule has 10 aromatic rings. The molecule has 6 heterocycles. The van der Waals surface area contributed by atoms with Crippen molar-refractivity contribution in [3.63, 3.8) is 0 Å². The number of unbranched alkanes of at least 4 members (excludes halogenated alkanes) is 5. The van der Waals surface area contributed by atoms with Crippen molar-refractivity contribution in [3.05, 3.63) is 209 Å². The standard InChI is InChI=1S/C21H30FN3O.2C18H24FN3.2C18H26FN3/c1-3-4-11-24(2)16-19-14-23-25(15-17-9-12-26-13-10-17)21(19)18-5-7-20(22)8-6-18;1-3-4-11-21(2)12-15-13-22(17-9-10-17)20-18(15)14-5-7-16(19)8-6-14;1-3-4-11-21(2)13-15-12-20-22(17-9-10-17)18(15)14-5-7-16(19)8-6-14;1-5-6-11-21(4)12-16-13-22(14(2)3)20-18(16)15-7-9-17(19)10-8-15;1-5-6-11-21(4)13-16-12-20-22(14(2)3)18(16)15-7-9-17(19)10-8-15/h5-8,14,17H,3-4,9-13,15-16H2,1-2H3;5-8,13,17H,3-4,9-12H2,1-2H3;5-8,12,17H,3-4,9-11,13H2,1-2H3;7-10,13-14H,5-6,11-12H2,1-4H3;7-10,12,14H,5-6,11,13H2,1-4H3. The lowest BCUT2D eigenvalue weighted by molar-refractivity contribution is 0.0603. The maximum Gasteiger partial charge on any atom is 0.123 e. The highest BCUT2D eigenvalue weighted by molar-refractivity contribution is 5.67. The van der Waals surface area contributed by atoms with Crippen LogP contribution in [0.1, 0.15) is 217 Å². The molecular formula is C93H130F5N15O. The number of benzene rings is 5. The van der Waals surface area contributed by atoms with E-state index >= 15 is 0 Å². The molecule has 5 aromatic carbocycles. The van der Waals surface area contributed by atoms with Crippen molar-refractivity contribution in [3.8, 4) is 56.3 Å². The zero-order chi connectivity index (χ0) is 81.6. The molecule has 3 aliphatic rings. The molecule has 0 unspecified atom stereocenters. The molecule has 16 nitrogen and oxygen atoms in total. The van der Waals surface area contributed by atoms with Gasteiger partial charge >= 0.3 is 0 Å². The van der Waals surface area contributed by atoms with Crippen LogP contribution in [0.15, 0.2) is 152 Å². The van der Waals surface area contributed by atoms with Crippen molar-refractivity contribution in [2.45, 2.75) is 228 Å². The highest BCUT2D eigenvalue weighted by Gasteiger charge is 2.30. The van der Waals surface area contributed by atoms with Gasteiger partial charge in [0.15, 0.2) is 0 Å². The Balaban J connectivity index is 0.000000163. The van der Waals surface area contributed by atoms with E-state index in [9.17, 15) is 22.0 Å².